The number of aryl methyl sites for hydroxylation is 2. The summed E-state index contributed by atoms with van der Waals surface area (Å²) < 4.78 is 2.08. The number of aromatic nitrogens is 4. The second-order valence-corrected chi connectivity index (χ2v) is 6.10. The van der Waals surface area contributed by atoms with Gasteiger partial charge in [0.1, 0.15) is 11.6 Å². The van der Waals surface area contributed by atoms with Gasteiger partial charge in [0.05, 0.1) is 17.6 Å². The molecule has 0 spiro atoms. The van der Waals surface area contributed by atoms with Crippen LogP contribution in [-0.4, -0.2) is 44.6 Å². The van der Waals surface area contributed by atoms with Crippen molar-refractivity contribution in [3.63, 3.8) is 0 Å². The monoisotopic (exact) mass is 285 g/mol. The van der Waals surface area contributed by atoms with Gasteiger partial charge in [-0.1, -0.05) is 0 Å². The minimum Gasteiger partial charge on any atom is -0.330 e. The fourth-order valence-electron chi connectivity index (χ4n) is 3.02. The van der Waals surface area contributed by atoms with E-state index in [1.54, 1.807) is 0 Å². The first-order chi connectivity index (χ1) is 10.0. The summed E-state index contributed by atoms with van der Waals surface area (Å²) in [5.41, 5.74) is 3.07. The summed E-state index contributed by atoms with van der Waals surface area (Å²) in [5, 5.41) is 0. The molecule has 0 aliphatic carbocycles. The number of likely N-dealkylation sites (N-methyl/N-ethyl adjacent to an activating group) is 1. The van der Waals surface area contributed by atoms with Crippen LogP contribution in [0.25, 0.3) is 11.4 Å². The third-order valence-electron chi connectivity index (χ3n) is 4.34. The topological polar surface area (TPSA) is 46.8 Å². The number of likely N-dealkylation sites (tertiary alicyclic amines) is 1. The van der Waals surface area contributed by atoms with Gasteiger partial charge in [-0.3, -0.25) is 0 Å². The normalized spacial score (nSPS) is 19.9. The Hall–Kier alpha value is -1.75. The van der Waals surface area contributed by atoms with Crippen LogP contribution in [0.3, 0.4) is 0 Å². The molecule has 1 saturated heterocycles. The van der Waals surface area contributed by atoms with Crippen molar-refractivity contribution in [3.05, 3.63) is 29.6 Å². The Morgan fingerprint density at radius 2 is 2.00 bits per heavy atom. The molecule has 5 nitrogen and oxygen atoms in total. The standard InChI is InChI=1S/C16H23N5/c1-11-8-14(15-9-17-12(2)21(15)4)19-16(18-11)13-6-5-7-20(3)10-13/h8-9,13H,5-7,10H2,1-4H3/t13-/m1/s1. The van der Waals surface area contributed by atoms with Crippen LogP contribution in [-0.2, 0) is 7.05 Å². The van der Waals surface area contributed by atoms with Crippen molar-refractivity contribution < 1.29 is 0 Å². The van der Waals surface area contributed by atoms with E-state index >= 15 is 0 Å². The van der Waals surface area contributed by atoms with Crippen LogP contribution in [0.2, 0.25) is 0 Å². The number of imidazole rings is 1. The van der Waals surface area contributed by atoms with Crippen LogP contribution >= 0.6 is 0 Å². The Kier molecular flexibility index (Phi) is 3.76. The lowest BCUT2D eigenvalue weighted by molar-refractivity contribution is 0.246. The molecule has 0 N–H and O–H groups in total. The second kappa shape index (κ2) is 5.56. The van der Waals surface area contributed by atoms with Gasteiger partial charge >= 0.3 is 0 Å². The van der Waals surface area contributed by atoms with Crippen molar-refractivity contribution in [2.45, 2.75) is 32.6 Å². The summed E-state index contributed by atoms with van der Waals surface area (Å²) >= 11 is 0. The molecule has 2 aromatic rings. The van der Waals surface area contributed by atoms with Crippen LogP contribution in [0.1, 0.15) is 36.1 Å². The molecule has 1 fully saturated rings. The highest BCUT2D eigenvalue weighted by Gasteiger charge is 2.22. The van der Waals surface area contributed by atoms with E-state index in [0.717, 1.165) is 35.3 Å². The Bertz CT molecular complexity index is 646. The second-order valence-electron chi connectivity index (χ2n) is 6.10. The number of hydrogen-bond acceptors (Lipinski definition) is 4. The highest BCUT2D eigenvalue weighted by Crippen LogP contribution is 2.26. The average Bonchev–Trinajstić information content (AvgIpc) is 2.78. The summed E-state index contributed by atoms with van der Waals surface area (Å²) in [6.07, 6.45) is 4.30. The molecule has 5 heteroatoms. The summed E-state index contributed by atoms with van der Waals surface area (Å²) in [6.45, 7) is 6.28. The lowest BCUT2D eigenvalue weighted by atomic mass is 9.97. The maximum absolute atomic E-state index is 4.84. The quantitative estimate of drug-likeness (QED) is 0.849. The number of hydrogen-bond donors (Lipinski definition) is 0. The molecule has 0 aromatic carbocycles. The Morgan fingerprint density at radius 1 is 1.19 bits per heavy atom. The lowest BCUT2D eigenvalue weighted by Gasteiger charge is -2.28. The van der Waals surface area contributed by atoms with Crippen LogP contribution in [0, 0.1) is 13.8 Å². The van der Waals surface area contributed by atoms with Gasteiger partial charge in [0.25, 0.3) is 0 Å². The molecule has 1 atom stereocenters. The van der Waals surface area contributed by atoms with Gasteiger partial charge < -0.3 is 9.47 Å². The van der Waals surface area contributed by atoms with Crippen LogP contribution < -0.4 is 0 Å². The summed E-state index contributed by atoms with van der Waals surface area (Å²) in [7, 11) is 4.20. The maximum Gasteiger partial charge on any atom is 0.133 e. The van der Waals surface area contributed by atoms with Crippen molar-refractivity contribution in [2.75, 3.05) is 20.1 Å². The predicted molar refractivity (Wildman–Crippen MR) is 83.2 cm³/mol. The molecule has 1 aliphatic rings. The average molecular weight is 285 g/mol. The number of nitrogens with zero attached hydrogens (tertiary/aromatic N) is 5. The van der Waals surface area contributed by atoms with E-state index in [-0.39, 0.29) is 0 Å². The molecular formula is C16H23N5. The highest BCUT2D eigenvalue weighted by atomic mass is 15.1. The Labute approximate surface area is 126 Å². The lowest BCUT2D eigenvalue weighted by Crippen LogP contribution is -2.31. The van der Waals surface area contributed by atoms with Gasteiger partial charge in [0.15, 0.2) is 0 Å². The minimum absolute atomic E-state index is 0.441. The molecule has 2 aromatic heterocycles. The predicted octanol–water partition coefficient (Wildman–Crippen LogP) is 2.30. The maximum atomic E-state index is 4.84. The van der Waals surface area contributed by atoms with E-state index in [1.165, 1.54) is 19.4 Å². The third-order valence-corrected chi connectivity index (χ3v) is 4.34. The molecule has 3 rings (SSSR count). The Balaban J connectivity index is 1.98. The van der Waals surface area contributed by atoms with Crippen LogP contribution in [0.4, 0.5) is 0 Å². The van der Waals surface area contributed by atoms with E-state index in [2.05, 4.69) is 26.5 Å². The molecule has 1 aliphatic heterocycles. The highest BCUT2D eigenvalue weighted by molar-refractivity contribution is 5.54. The molecule has 21 heavy (non-hydrogen) atoms. The van der Waals surface area contributed by atoms with Crippen molar-refractivity contribution in [1.82, 2.24) is 24.4 Å². The van der Waals surface area contributed by atoms with Crippen LogP contribution in [0.5, 0.6) is 0 Å². The van der Waals surface area contributed by atoms with Gasteiger partial charge in [-0.25, -0.2) is 15.0 Å². The van der Waals surface area contributed by atoms with Crippen molar-refractivity contribution >= 4 is 0 Å². The summed E-state index contributed by atoms with van der Waals surface area (Å²) in [5.74, 6) is 2.42. The van der Waals surface area contributed by atoms with Crippen molar-refractivity contribution in [2.24, 2.45) is 7.05 Å². The summed E-state index contributed by atoms with van der Waals surface area (Å²) in [4.78, 5) is 16.3. The zero-order valence-corrected chi connectivity index (χ0v) is 13.3. The van der Waals surface area contributed by atoms with Gasteiger partial charge in [-0.15, -0.1) is 0 Å². The fraction of sp³-hybridized carbons (Fsp3) is 0.562. The Morgan fingerprint density at radius 3 is 2.67 bits per heavy atom. The van der Waals surface area contributed by atoms with E-state index in [0.29, 0.717) is 5.92 Å². The van der Waals surface area contributed by atoms with Crippen molar-refractivity contribution in [1.29, 1.82) is 0 Å². The number of piperidine rings is 1. The first-order valence-corrected chi connectivity index (χ1v) is 7.57. The van der Waals surface area contributed by atoms with Crippen LogP contribution in [0.15, 0.2) is 12.3 Å². The smallest absolute Gasteiger partial charge is 0.133 e. The van der Waals surface area contributed by atoms with E-state index in [1.807, 2.05) is 33.2 Å². The first kappa shape index (κ1) is 14.2. The molecule has 0 unspecified atom stereocenters. The number of rotatable bonds is 2. The summed E-state index contributed by atoms with van der Waals surface area (Å²) in [6, 6.07) is 2.05. The zero-order valence-electron chi connectivity index (χ0n) is 13.3. The first-order valence-electron chi connectivity index (χ1n) is 7.57. The minimum atomic E-state index is 0.441. The van der Waals surface area contributed by atoms with Crippen molar-refractivity contribution in [3.8, 4) is 11.4 Å². The van der Waals surface area contributed by atoms with E-state index < -0.39 is 0 Å². The molecular weight excluding hydrogens is 262 g/mol. The molecule has 0 amide bonds. The van der Waals surface area contributed by atoms with E-state index in [9.17, 15) is 0 Å². The molecule has 0 radical (unpaired) electrons. The van der Waals surface area contributed by atoms with E-state index in [4.69, 9.17) is 4.98 Å². The largest absolute Gasteiger partial charge is 0.330 e. The SMILES string of the molecule is Cc1cc(-c2cnc(C)n2C)nc([C@@H]2CCCN(C)C2)n1. The molecule has 112 valence electrons. The zero-order chi connectivity index (χ0) is 15.0. The molecule has 0 bridgehead atoms. The molecule has 3 heterocycles. The van der Waals surface area contributed by atoms with Gasteiger partial charge in [0.2, 0.25) is 0 Å². The van der Waals surface area contributed by atoms with Gasteiger partial charge in [0, 0.05) is 25.2 Å². The van der Waals surface area contributed by atoms with Gasteiger partial charge in [-0.2, -0.15) is 0 Å². The molecule has 0 saturated carbocycles. The van der Waals surface area contributed by atoms with Gasteiger partial charge in [-0.05, 0) is 46.3 Å². The third kappa shape index (κ3) is 2.83. The fourth-order valence-corrected chi connectivity index (χ4v) is 3.02.